The summed E-state index contributed by atoms with van der Waals surface area (Å²) in [6.45, 7) is 12.7. The van der Waals surface area contributed by atoms with Gasteiger partial charge in [-0.05, 0) is 147 Å². The van der Waals surface area contributed by atoms with Crippen molar-refractivity contribution in [3.05, 3.63) is 272 Å². The molecule has 11 aromatic rings. The van der Waals surface area contributed by atoms with Crippen LogP contribution in [0.15, 0.2) is 202 Å². The molecule has 17 rings (SSSR count). The molecule has 570 valence electrons. The average Bonchev–Trinajstić information content (AvgIpc) is 1.64. The number of allylic oxidation sites excluding steroid dienone is 1. The second-order valence-corrected chi connectivity index (χ2v) is 34.9. The number of methoxy groups -OCH3 is 1. The minimum atomic E-state index is -1.63. The molecule has 0 aromatic carbocycles. The van der Waals surface area contributed by atoms with Gasteiger partial charge in [0.2, 0.25) is 23.8 Å². The molecule has 6 aliphatic heterocycles. The minimum Gasteiger partial charge on any atom is -0.423 e. The van der Waals surface area contributed by atoms with Crippen molar-refractivity contribution in [2.75, 3.05) is 33.4 Å². The first-order valence-corrected chi connectivity index (χ1v) is 41.3. The molecular weight excluding hydrogens is 1760 g/mol. The summed E-state index contributed by atoms with van der Waals surface area (Å²) in [5.74, 6) is -1.90. The second-order valence-electron chi connectivity index (χ2n) is 25.6. The molecule has 0 spiro atoms. The fourth-order valence-corrected chi connectivity index (χ4v) is 13.5. The van der Waals surface area contributed by atoms with E-state index >= 15 is 0 Å². The van der Waals surface area contributed by atoms with Gasteiger partial charge in [-0.3, -0.25) is 34.9 Å². The molecule has 0 amide bonds. The maximum atomic E-state index is 13.6. The first-order valence-electron chi connectivity index (χ1n) is 33.9. The lowest BCUT2D eigenvalue weighted by molar-refractivity contribution is 0.0600. The molecule has 1 fully saturated rings. The molecular formula is C74H68B2Cl4F4I2N18O6Si. The summed E-state index contributed by atoms with van der Waals surface area (Å²) in [7, 11) is -2.43. The highest BCUT2D eigenvalue weighted by Crippen LogP contribution is 2.35. The van der Waals surface area contributed by atoms with Crippen LogP contribution in [-0.2, 0) is 35.8 Å². The summed E-state index contributed by atoms with van der Waals surface area (Å²) >= 11 is 27.7. The zero-order valence-electron chi connectivity index (χ0n) is 59.6. The van der Waals surface area contributed by atoms with Gasteiger partial charge in [-0.1, -0.05) is 66.0 Å². The van der Waals surface area contributed by atoms with Crippen molar-refractivity contribution in [3.8, 4) is 11.3 Å². The first kappa shape index (κ1) is 84.9. The summed E-state index contributed by atoms with van der Waals surface area (Å²) < 4.78 is 66.8. The van der Waals surface area contributed by atoms with E-state index < -0.39 is 46.1 Å². The fraction of sp³-hybridized carbons (Fsp3) is 0.216. The van der Waals surface area contributed by atoms with E-state index in [2.05, 4.69) is 156 Å². The largest absolute Gasteiger partial charge is 0.488 e. The molecule has 1 saturated heterocycles. The average molecular weight is 1830 g/mol. The summed E-state index contributed by atoms with van der Waals surface area (Å²) in [6, 6.07) is 27.0. The van der Waals surface area contributed by atoms with Gasteiger partial charge in [0.15, 0.2) is 0 Å². The van der Waals surface area contributed by atoms with E-state index in [4.69, 9.17) is 76.0 Å². The second kappa shape index (κ2) is 41.3. The van der Waals surface area contributed by atoms with Gasteiger partial charge in [0.25, 0.3) is 0 Å². The third-order valence-electron chi connectivity index (χ3n) is 16.6. The van der Waals surface area contributed by atoms with E-state index in [1.807, 2.05) is 30.5 Å². The number of hydrogen-bond acceptors (Lipinski definition) is 23. The number of nitrogens with zero attached hydrogens (tertiary/aromatic N) is 17. The van der Waals surface area contributed by atoms with Crippen LogP contribution in [0.2, 0.25) is 46.3 Å². The quantitative estimate of drug-likeness (QED) is 0.0249. The number of aliphatic imine (C=N–C) groups is 5. The smallest absolute Gasteiger partial charge is 0.423 e. The van der Waals surface area contributed by atoms with Crippen LogP contribution >= 0.6 is 91.6 Å². The van der Waals surface area contributed by atoms with E-state index in [1.54, 1.807) is 91.4 Å². The molecule has 5 N–H and O–H groups in total. The number of pyridine rings is 10. The molecule has 37 heteroatoms. The van der Waals surface area contributed by atoms with Gasteiger partial charge in [-0.2, -0.15) is 22.7 Å². The molecule has 0 bridgehead atoms. The highest BCUT2D eigenvalue weighted by atomic mass is 127. The number of rotatable bonds is 12. The van der Waals surface area contributed by atoms with Crippen molar-refractivity contribution in [2.45, 2.75) is 58.2 Å². The van der Waals surface area contributed by atoms with Crippen molar-refractivity contribution in [2.24, 2.45) is 36.8 Å². The Morgan fingerprint density at radius 3 is 1.60 bits per heavy atom. The number of nitrogens with one attached hydrogen (secondary N) is 1. The van der Waals surface area contributed by atoms with Gasteiger partial charge >= 0.3 is 14.2 Å². The predicted octanol–water partition coefficient (Wildman–Crippen LogP) is 12.1. The van der Waals surface area contributed by atoms with Crippen LogP contribution < -0.4 is 16.2 Å². The highest BCUT2D eigenvalue weighted by Gasteiger charge is 2.33. The van der Waals surface area contributed by atoms with E-state index in [9.17, 15) is 17.6 Å². The third-order valence-corrected chi connectivity index (χ3v) is 21.0. The molecule has 6 aliphatic rings. The van der Waals surface area contributed by atoms with Gasteiger partial charge < -0.3 is 34.9 Å². The van der Waals surface area contributed by atoms with Gasteiger partial charge in [0.05, 0.1) is 49.0 Å². The Hall–Kier alpha value is -8.53. The molecule has 2 atom stereocenters. The topological polar surface area (TPSA) is 320 Å². The number of aromatic nitrogens is 12. The Morgan fingerprint density at radius 2 is 1.08 bits per heavy atom. The Kier molecular flexibility index (Phi) is 31.6. The van der Waals surface area contributed by atoms with Crippen LogP contribution in [-0.4, -0.2) is 167 Å². The van der Waals surface area contributed by atoms with E-state index in [0.29, 0.717) is 68.5 Å². The molecule has 24 nitrogen and oxygen atoms in total. The highest BCUT2D eigenvalue weighted by molar-refractivity contribution is 14.1. The van der Waals surface area contributed by atoms with Gasteiger partial charge in [-0.15, -0.1) is 0 Å². The zero-order valence-corrected chi connectivity index (χ0v) is 67.9. The van der Waals surface area contributed by atoms with Crippen molar-refractivity contribution in [1.82, 2.24) is 64.9 Å². The van der Waals surface area contributed by atoms with E-state index in [-0.39, 0.29) is 24.0 Å². The minimum absolute atomic E-state index is 0.104. The number of ether oxygens (including phenoxy) is 2. The molecule has 11 aromatic heterocycles. The summed E-state index contributed by atoms with van der Waals surface area (Å²) in [5.41, 5.74) is 14.2. The van der Waals surface area contributed by atoms with Crippen LogP contribution in [0.1, 0.15) is 50.1 Å². The Bertz CT molecular complexity index is 5150. The van der Waals surface area contributed by atoms with Gasteiger partial charge in [-0.25, -0.2) is 44.6 Å². The molecule has 111 heavy (non-hydrogen) atoms. The van der Waals surface area contributed by atoms with Crippen molar-refractivity contribution >= 4 is 166 Å². The van der Waals surface area contributed by atoms with Crippen molar-refractivity contribution in [3.63, 3.8) is 0 Å². The van der Waals surface area contributed by atoms with Crippen molar-refractivity contribution < 1.29 is 47.1 Å². The van der Waals surface area contributed by atoms with Crippen molar-refractivity contribution in [1.29, 1.82) is 0 Å². The number of halogens is 10. The third kappa shape index (κ3) is 25.0. The van der Waals surface area contributed by atoms with Crippen LogP contribution in [0.3, 0.4) is 0 Å². The standard InChI is InChI=1S/C17H20ClFN4OSi.C17H13FN4.C12H7ClFN3.2C7H4ClIN2.C5H5BFNO2.C5H6BNO2.C4H9NO/c1-25(2,3)7-6-24-11-23-17(12-4-5-20-16(19)8-12)13-9-15(18)21-10-14(13)22-23;18-16-6-11(3-5-20-16)17-14-7-15(12-2-1-4-19-8-12)21-9-13(14)10-22-17;13-10-4-9-8(5-16-10)6-17-12(9)7-1-2-15-11(14)3-7;2*8-6-1-5-4(2-10-6)3-11-7(5)9;7-5-3-4(6(9)10)1-2-8-5;8-6(9)5-1-3-7-4-2-5;1-6-4-2-5-3-4/h4-5,8-10H,6-7,11H2,1-3H3;1-9,13-14H,10H2;1-5H,6H2;2*1-2H,3H2;1-3,9-10H;1-4,8-9H;4-5H,2-3H2,1H3. The Labute approximate surface area is 684 Å². The monoisotopic (exact) mass is 1820 g/mol. The van der Waals surface area contributed by atoms with Gasteiger partial charge in [0.1, 0.15) is 40.3 Å². The SMILES string of the molecule is COC1CNC1.C[Si](C)(C)CCOCn1nc2cnc(Cl)cc2c1-c1ccnc(F)c1.Clc1cc2c(cn1)CN=C2I.Clc1cc2c(cn1)CN=C2I.Fc1cc(C2=NCC3C=NC(c4cccnc4)=CC23)ccn1.Fc1cc(C2=NCc3cnc(Cl)cc32)ccn1.OB(O)c1ccnc(F)c1.OB(O)c1ccncc1. The number of hydrogen-bond donors (Lipinski definition) is 5. The fourth-order valence-electron chi connectivity index (χ4n) is 10.8. The predicted molar refractivity (Wildman–Crippen MR) is 445 cm³/mol. The molecule has 0 radical (unpaired) electrons. The maximum absolute atomic E-state index is 13.6. The Morgan fingerprint density at radius 1 is 0.559 bits per heavy atom. The lowest BCUT2D eigenvalue weighted by Gasteiger charge is -2.24. The Balaban J connectivity index is 0.000000140. The molecule has 2 unspecified atom stereocenters. The van der Waals surface area contributed by atoms with Crippen LogP contribution in [0.25, 0.3) is 27.9 Å². The first-order chi connectivity index (χ1) is 53.4. The molecule has 0 aliphatic carbocycles. The van der Waals surface area contributed by atoms with Crippen LogP contribution in [0.5, 0.6) is 0 Å². The van der Waals surface area contributed by atoms with Crippen LogP contribution in [0.4, 0.5) is 17.6 Å². The normalized spacial score (nSPS) is 15.1. The summed E-state index contributed by atoms with van der Waals surface area (Å²) in [5, 5.41) is 44.4. The summed E-state index contributed by atoms with van der Waals surface area (Å²) in [6.07, 6.45) is 23.5. The summed E-state index contributed by atoms with van der Waals surface area (Å²) in [4.78, 5) is 59.8. The maximum Gasteiger partial charge on any atom is 0.488 e. The molecule has 17 heterocycles. The lowest BCUT2D eigenvalue weighted by atomic mass is 9.81. The lowest BCUT2D eigenvalue weighted by Crippen LogP contribution is -2.47. The van der Waals surface area contributed by atoms with Crippen LogP contribution in [0, 0.1) is 35.6 Å². The van der Waals surface area contributed by atoms with E-state index in [0.717, 1.165) is 107 Å². The molecule has 0 saturated carbocycles. The zero-order chi connectivity index (χ0) is 79.1. The van der Waals surface area contributed by atoms with Gasteiger partial charge in [0, 0.05) is 213 Å². The van der Waals surface area contributed by atoms with E-state index in [1.165, 1.54) is 72.6 Å². The number of fused-ring (bicyclic) bond motifs is 5.